The summed E-state index contributed by atoms with van der Waals surface area (Å²) in [5.74, 6) is -0.469. The van der Waals surface area contributed by atoms with E-state index in [2.05, 4.69) is 15.4 Å². The van der Waals surface area contributed by atoms with E-state index in [1.807, 2.05) is 36.0 Å². The Hall–Kier alpha value is -3.52. The normalized spacial score (nSPS) is 11.1. The lowest BCUT2D eigenvalue weighted by Crippen LogP contribution is -2.28. The Morgan fingerprint density at radius 3 is 2.67 bits per heavy atom. The zero-order valence-electron chi connectivity index (χ0n) is 16.9. The maximum atomic E-state index is 13.0. The lowest BCUT2D eigenvalue weighted by Gasteiger charge is -2.20. The van der Waals surface area contributed by atoms with Gasteiger partial charge in [-0.05, 0) is 43.5 Å². The second kappa shape index (κ2) is 8.08. The third-order valence-corrected chi connectivity index (χ3v) is 5.58. The summed E-state index contributed by atoms with van der Waals surface area (Å²) in [6.07, 6.45) is 3.35. The fourth-order valence-electron chi connectivity index (χ4n) is 3.22. The zero-order chi connectivity index (χ0) is 21.3. The molecule has 0 fully saturated rings. The van der Waals surface area contributed by atoms with Crippen molar-refractivity contribution in [2.24, 2.45) is 0 Å². The van der Waals surface area contributed by atoms with Crippen molar-refractivity contribution in [1.29, 1.82) is 0 Å². The first-order valence-electron chi connectivity index (χ1n) is 9.51. The van der Waals surface area contributed by atoms with Crippen LogP contribution in [0.2, 0.25) is 0 Å². The Labute approximate surface area is 178 Å². The molecule has 152 valence electrons. The number of carbonyl (C=O) groups excluding carboxylic acids is 2. The molecular formula is C22H21N5O2S. The molecule has 3 aromatic heterocycles. The molecule has 3 heterocycles. The van der Waals surface area contributed by atoms with E-state index in [9.17, 15) is 9.59 Å². The molecule has 8 heteroatoms. The van der Waals surface area contributed by atoms with Crippen LogP contribution in [0, 0.1) is 0 Å². The number of amides is 2. The number of anilines is 2. The van der Waals surface area contributed by atoms with Gasteiger partial charge in [-0.25, -0.2) is 9.67 Å². The number of rotatable bonds is 5. The molecule has 2 amide bonds. The second-order valence-electron chi connectivity index (χ2n) is 7.13. The van der Waals surface area contributed by atoms with Crippen molar-refractivity contribution in [1.82, 2.24) is 14.8 Å². The van der Waals surface area contributed by atoms with Gasteiger partial charge in [-0.15, -0.1) is 11.3 Å². The Morgan fingerprint density at radius 2 is 1.93 bits per heavy atom. The largest absolute Gasteiger partial charge is 0.321 e. The predicted octanol–water partition coefficient (Wildman–Crippen LogP) is 4.60. The minimum atomic E-state index is -0.311. The van der Waals surface area contributed by atoms with Gasteiger partial charge in [0.25, 0.3) is 11.8 Å². The molecule has 7 nitrogen and oxygen atoms in total. The van der Waals surface area contributed by atoms with Gasteiger partial charge in [0.2, 0.25) is 0 Å². The van der Waals surface area contributed by atoms with E-state index in [1.165, 1.54) is 16.2 Å². The number of fused-ring (bicyclic) bond motifs is 1. The molecule has 0 spiro atoms. The standard InChI is InChI=1S/C22H21N5O2S/c1-14(2)27-20-15(12-24-27)11-16(13-23-20)25-21(28)17-7-4-5-8-18(17)26(3)22(29)19-9-6-10-30-19/h4-14H,1-3H3,(H,25,28). The average Bonchev–Trinajstić information content (AvgIpc) is 3.42. The monoisotopic (exact) mass is 419 g/mol. The fourth-order valence-corrected chi connectivity index (χ4v) is 3.92. The van der Waals surface area contributed by atoms with E-state index in [4.69, 9.17) is 0 Å². The van der Waals surface area contributed by atoms with Gasteiger partial charge in [0.05, 0.1) is 34.2 Å². The summed E-state index contributed by atoms with van der Waals surface area (Å²) in [4.78, 5) is 32.3. The van der Waals surface area contributed by atoms with Crippen LogP contribution in [-0.2, 0) is 0 Å². The number of nitrogens with one attached hydrogen (secondary N) is 1. The minimum Gasteiger partial charge on any atom is -0.321 e. The third-order valence-electron chi connectivity index (χ3n) is 4.73. The Morgan fingerprint density at radius 1 is 1.13 bits per heavy atom. The van der Waals surface area contributed by atoms with E-state index >= 15 is 0 Å². The Bertz CT molecular complexity index is 1210. The van der Waals surface area contributed by atoms with Crippen LogP contribution < -0.4 is 10.2 Å². The topological polar surface area (TPSA) is 80.1 Å². The SMILES string of the molecule is CC(C)n1ncc2cc(NC(=O)c3ccccc3N(C)C(=O)c3cccs3)cnc21. The van der Waals surface area contributed by atoms with Crippen molar-refractivity contribution in [3.8, 4) is 0 Å². The molecule has 4 rings (SSSR count). The smallest absolute Gasteiger partial charge is 0.268 e. The number of pyridine rings is 1. The van der Waals surface area contributed by atoms with Crippen LogP contribution in [0.25, 0.3) is 11.0 Å². The number of carbonyl (C=O) groups is 2. The lowest BCUT2D eigenvalue weighted by atomic mass is 10.1. The van der Waals surface area contributed by atoms with E-state index in [-0.39, 0.29) is 17.9 Å². The summed E-state index contributed by atoms with van der Waals surface area (Å²) in [5.41, 5.74) is 2.28. The zero-order valence-corrected chi connectivity index (χ0v) is 17.7. The average molecular weight is 420 g/mol. The van der Waals surface area contributed by atoms with Crippen molar-refractivity contribution in [2.75, 3.05) is 17.3 Å². The quantitative estimate of drug-likeness (QED) is 0.513. The number of benzene rings is 1. The number of hydrogen-bond donors (Lipinski definition) is 1. The second-order valence-corrected chi connectivity index (χ2v) is 8.08. The highest BCUT2D eigenvalue weighted by Gasteiger charge is 2.20. The van der Waals surface area contributed by atoms with Gasteiger partial charge in [-0.1, -0.05) is 18.2 Å². The van der Waals surface area contributed by atoms with Gasteiger partial charge in [0.15, 0.2) is 5.65 Å². The Kier molecular flexibility index (Phi) is 5.33. The molecular weight excluding hydrogens is 398 g/mol. The molecule has 0 aliphatic carbocycles. The van der Waals surface area contributed by atoms with Crippen molar-refractivity contribution in [3.63, 3.8) is 0 Å². The summed E-state index contributed by atoms with van der Waals surface area (Å²) in [6.45, 7) is 4.07. The van der Waals surface area contributed by atoms with Crippen LogP contribution in [0.1, 0.15) is 39.9 Å². The molecule has 4 aromatic rings. The molecule has 0 aliphatic heterocycles. The van der Waals surface area contributed by atoms with E-state index in [0.29, 0.717) is 21.8 Å². The summed E-state index contributed by atoms with van der Waals surface area (Å²) in [6, 6.07) is 12.7. The maximum absolute atomic E-state index is 13.0. The maximum Gasteiger partial charge on any atom is 0.268 e. The first-order chi connectivity index (χ1) is 14.5. The van der Waals surface area contributed by atoms with Crippen molar-refractivity contribution < 1.29 is 9.59 Å². The Balaban J connectivity index is 1.60. The molecule has 0 radical (unpaired) electrons. The first-order valence-corrected chi connectivity index (χ1v) is 10.4. The highest BCUT2D eigenvalue weighted by atomic mass is 32.1. The van der Waals surface area contributed by atoms with Crippen LogP contribution in [0.3, 0.4) is 0 Å². The van der Waals surface area contributed by atoms with Crippen LogP contribution in [0.4, 0.5) is 11.4 Å². The van der Waals surface area contributed by atoms with Crippen molar-refractivity contribution in [3.05, 3.63) is 70.7 Å². The molecule has 0 saturated heterocycles. The molecule has 0 aliphatic rings. The summed E-state index contributed by atoms with van der Waals surface area (Å²) in [7, 11) is 1.67. The van der Waals surface area contributed by atoms with Gasteiger partial charge in [0, 0.05) is 18.5 Å². The highest BCUT2D eigenvalue weighted by Crippen LogP contribution is 2.25. The molecule has 0 bridgehead atoms. The predicted molar refractivity (Wildman–Crippen MR) is 119 cm³/mol. The molecule has 1 N–H and O–H groups in total. The van der Waals surface area contributed by atoms with E-state index in [0.717, 1.165) is 11.0 Å². The van der Waals surface area contributed by atoms with Gasteiger partial charge in [-0.3, -0.25) is 9.59 Å². The summed E-state index contributed by atoms with van der Waals surface area (Å²) >= 11 is 1.37. The highest BCUT2D eigenvalue weighted by molar-refractivity contribution is 7.12. The molecule has 0 atom stereocenters. The van der Waals surface area contributed by atoms with E-state index in [1.54, 1.807) is 49.8 Å². The fraction of sp³-hybridized carbons (Fsp3) is 0.182. The third kappa shape index (κ3) is 3.69. The number of thiophene rings is 1. The number of aromatic nitrogens is 3. The molecule has 1 aromatic carbocycles. The van der Waals surface area contributed by atoms with Gasteiger partial charge in [-0.2, -0.15) is 5.10 Å². The lowest BCUT2D eigenvalue weighted by molar-refractivity contribution is 0.0996. The number of para-hydroxylation sites is 1. The molecule has 0 saturated carbocycles. The van der Waals surface area contributed by atoms with Crippen LogP contribution in [-0.4, -0.2) is 33.6 Å². The van der Waals surface area contributed by atoms with Crippen molar-refractivity contribution >= 4 is 45.6 Å². The van der Waals surface area contributed by atoms with Gasteiger partial charge in [0.1, 0.15) is 0 Å². The summed E-state index contributed by atoms with van der Waals surface area (Å²) in [5, 5.41) is 9.94. The number of nitrogens with zero attached hydrogens (tertiary/aromatic N) is 4. The van der Waals surface area contributed by atoms with Gasteiger partial charge < -0.3 is 10.2 Å². The summed E-state index contributed by atoms with van der Waals surface area (Å²) < 4.78 is 1.83. The molecule has 30 heavy (non-hydrogen) atoms. The van der Waals surface area contributed by atoms with Gasteiger partial charge >= 0.3 is 0 Å². The number of hydrogen-bond acceptors (Lipinski definition) is 5. The van der Waals surface area contributed by atoms with Crippen molar-refractivity contribution in [2.45, 2.75) is 19.9 Å². The molecule has 0 unspecified atom stereocenters. The van der Waals surface area contributed by atoms with E-state index < -0.39 is 0 Å². The minimum absolute atomic E-state index is 0.158. The first kappa shape index (κ1) is 19.8. The van der Waals surface area contributed by atoms with Crippen LogP contribution >= 0.6 is 11.3 Å². The van der Waals surface area contributed by atoms with Crippen LogP contribution in [0.5, 0.6) is 0 Å². The van der Waals surface area contributed by atoms with Crippen LogP contribution in [0.15, 0.2) is 60.2 Å².